The first-order valence-corrected chi connectivity index (χ1v) is 25.4. The molecule has 3 aromatic heterocycles. The maximum absolute atomic E-state index is 2.63. The van der Waals surface area contributed by atoms with Crippen molar-refractivity contribution in [3.8, 4) is 0 Å². The van der Waals surface area contributed by atoms with E-state index in [0.717, 1.165) is 39.3 Å². The summed E-state index contributed by atoms with van der Waals surface area (Å²) in [5.41, 5.74) is 4.20. The second kappa shape index (κ2) is 35.2. The second-order valence-electron chi connectivity index (χ2n) is 18.0. The van der Waals surface area contributed by atoms with Gasteiger partial charge in [-0.1, -0.05) is 175 Å². The number of rotatable bonds is 39. The summed E-state index contributed by atoms with van der Waals surface area (Å²) in [4.78, 5) is 2.63. The number of aromatic nitrogens is 3. The highest BCUT2D eigenvalue weighted by Crippen LogP contribution is 2.15. The van der Waals surface area contributed by atoms with E-state index < -0.39 is 0 Å². The molecule has 3 heterocycles. The van der Waals surface area contributed by atoms with Crippen molar-refractivity contribution in [2.24, 2.45) is 0 Å². The lowest BCUT2D eigenvalue weighted by atomic mass is 10.1. The monoisotopic (exact) mass is 798 g/mol. The number of hydrogen-bond donors (Lipinski definition) is 0. The van der Waals surface area contributed by atoms with Gasteiger partial charge in [0.25, 0.3) is 0 Å². The van der Waals surface area contributed by atoms with Gasteiger partial charge in [-0.05, 0) is 36.0 Å². The summed E-state index contributed by atoms with van der Waals surface area (Å²) in [7, 11) is 0. The van der Waals surface area contributed by atoms with Gasteiger partial charge in [-0.3, -0.25) is 4.90 Å². The van der Waals surface area contributed by atoms with Gasteiger partial charge in [0.05, 0.1) is 0 Å². The van der Waals surface area contributed by atoms with Crippen LogP contribution in [0.3, 0.4) is 0 Å². The summed E-state index contributed by atoms with van der Waals surface area (Å²) < 4.78 is 7.19. The highest BCUT2D eigenvalue weighted by molar-refractivity contribution is 5.13. The largest absolute Gasteiger partial charge is 0.291 e. The molecule has 0 aliphatic carbocycles. The van der Waals surface area contributed by atoms with E-state index in [2.05, 4.69) is 113 Å². The summed E-state index contributed by atoms with van der Waals surface area (Å²) in [5.74, 6) is 0. The summed E-state index contributed by atoms with van der Waals surface area (Å²) >= 11 is 0. The fraction of sp³-hybridized carbons (Fsp3) is 0.722. The van der Waals surface area contributed by atoms with Crippen molar-refractivity contribution >= 4 is 0 Å². The quantitative estimate of drug-likeness (QED) is 0.0414. The van der Waals surface area contributed by atoms with Crippen LogP contribution in [0.2, 0.25) is 0 Å². The predicted octanol–water partition coefficient (Wildman–Crippen LogP) is 14.5. The van der Waals surface area contributed by atoms with Crippen LogP contribution in [0.25, 0.3) is 0 Å². The zero-order chi connectivity index (χ0) is 41.0. The van der Waals surface area contributed by atoms with Gasteiger partial charge in [-0.15, -0.1) is 0 Å². The molecule has 0 aliphatic rings. The van der Waals surface area contributed by atoms with Crippen molar-refractivity contribution in [1.29, 1.82) is 0 Å². The van der Waals surface area contributed by atoms with Gasteiger partial charge in [-0.2, -0.15) is 0 Å². The molecule has 0 fully saturated rings. The van der Waals surface area contributed by atoms with Crippen LogP contribution in [-0.4, -0.2) is 4.90 Å². The fourth-order valence-electron chi connectivity index (χ4n) is 8.52. The molecule has 0 atom stereocenters. The Labute approximate surface area is 360 Å². The Morgan fingerprint density at radius 2 is 0.466 bits per heavy atom. The minimum Gasteiger partial charge on any atom is -0.291 e. The zero-order valence-electron chi connectivity index (χ0n) is 38.7. The fourth-order valence-corrected chi connectivity index (χ4v) is 8.52. The first kappa shape index (κ1) is 49.8. The molecule has 0 saturated carbocycles. The van der Waals surface area contributed by atoms with Gasteiger partial charge in [0.15, 0.2) is 37.2 Å². The van der Waals surface area contributed by atoms with Crippen molar-refractivity contribution in [3.05, 3.63) is 90.3 Å². The first-order chi connectivity index (χ1) is 28.7. The summed E-state index contributed by atoms with van der Waals surface area (Å²) in [6.45, 7) is 13.2. The van der Waals surface area contributed by atoms with E-state index in [1.54, 1.807) is 0 Å². The van der Waals surface area contributed by atoms with E-state index in [1.165, 1.54) is 209 Å². The van der Waals surface area contributed by atoms with E-state index in [1.807, 2.05) is 0 Å². The molecule has 58 heavy (non-hydrogen) atoms. The molecule has 0 amide bonds. The molecule has 3 rings (SSSR count). The van der Waals surface area contributed by atoms with E-state index >= 15 is 0 Å². The zero-order valence-corrected chi connectivity index (χ0v) is 38.7. The van der Waals surface area contributed by atoms with Crippen LogP contribution in [0, 0.1) is 0 Å². The van der Waals surface area contributed by atoms with Crippen LogP contribution in [0.4, 0.5) is 0 Å². The molecule has 3 aromatic rings. The third kappa shape index (κ3) is 25.8. The van der Waals surface area contributed by atoms with Gasteiger partial charge in [0.1, 0.15) is 19.6 Å². The number of nitrogens with zero attached hydrogens (tertiary/aromatic N) is 4. The summed E-state index contributed by atoms with van der Waals surface area (Å²) in [6.07, 6.45) is 55.6. The Balaban J connectivity index is 1.46. The molecule has 0 bridgehead atoms. The molecule has 0 aromatic carbocycles. The van der Waals surface area contributed by atoms with E-state index in [9.17, 15) is 0 Å². The Morgan fingerprint density at radius 3 is 0.672 bits per heavy atom. The number of unbranched alkanes of at least 4 members (excludes halogenated alkanes) is 27. The predicted molar refractivity (Wildman–Crippen MR) is 248 cm³/mol. The molecule has 326 valence electrons. The highest BCUT2D eigenvalue weighted by Gasteiger charge is 2.13. The SMILES string of the molecule is CCCCCCCCCCCC[n+]1ccc(CN(Cc2cc[n+](CCCCCCCCCCCC)cc2)Cc2cc[n+](CCCCCCCCCCCC)cc2)cc1. The molecule has 0 radical (unpaired) electrons. The molecule has 0 N–H and O–H groups in total. The maximum Gasteiger partial charge on any atom is 0.169 e. The van der Waals surface area contributed by atoms with E-state index in [-0.39, 0.29) is 0 Å². The van der Waals surface area contributed by atoms with Gasteiger partial charge < -0.3 is 0 Å². The minimum atomic E-state index is 0.958. The topological polar surface area (TPSA) is 14.9 Å². The maximum atomic E-state index is 2.63. The van der Waals surface area contributed by atoms with Gasteiger partial charge in [0.2, 0.25) is 0 Å². The van der Waals surface area contributed by atoms with Gasteiger partial charge in [0, 0.05) is 75.3 Å². The standard InChI is InChI=1S/C54H93N4/c1-4-7-10-13-16-19-22-25-28-31-40-55-43-34-52(35-44-55)49-58(50-53-36-45-56(46-37-53)41-32-29-26-23-20-17-14-11-8-5-2)51-54-38-47-57(48-39-54)42-33-30-27-24-21-18-15-12-9-6-3/h34-39,43-48H,4-33,40-42,49-51H2,1-3H3/q+3. The minimum absolute atomic E-state index is 0.958. The van der Waals surface area contributed by atoms with Crippen LogP contribution in [-0.2, 0) is 39.3 Å². The normalized spacial score (nSPS) is 11.6. The molecule has 4 nitrogen and oxygen atoms in total. The number of hydrogen-bond acceptors (Lipinski definition) is 1. The highest BCUT2D eigenvalue weighted by atomic mass is 15.1. The molecule has 0 unspecified atom stereocenters. The number of pyridine rings is 3. The van der Waals surface area contributed by atoms with Crippen molar-refractivity contribution in [2.45, 2.75) is 253 Å². The lowest BCUT2D eigenvalue weighted by Crippen LogP contribution is -2.34. The average Bonchev–Trinajstić information content (AvgIpc) is 3.24. The van der Waals surface area contributed by atoms with Crippen molar-refractivity contribution < 1.29 is 13.7 Å². The van der Waals surface area contributed by atoms with Crippen LogP contribution in [0.1, 0.15) is 230 Å². The smallest absolute Gasteiger partial charge is 0.169 e. The van der Waals surface area contributed by atoms with Crippen LogP contribution in [0.15, 0.2) is 73.6 Å². The van der Waals surface area contributed by atoms with Crippen molar-refractivity contribution in [2.75, 3.05) is 0 Å². The van der Waals surface area contributed by atoms with Crippen LogP contribution < -0.4 is 13.7 Å². The van der Waals surface area contributed by atoms with Gasteiger partial charge in [-0.25, -0.2) is 13.7 Å². The van der Waals surface area contributed by atoms with Crippen molar-refractivity contribution in [3.63, 3.8) is 0 Å². The van der Waals surface area contributed by atoms with Crippen LogP contribution >= 0.6 is 0 Å². The Bertz CT molecular complexity index is 1150. The number of aryl methyl sites for hydroxylation is 3. The molecule has 0 saturated heterocycles. The lowest BCUT2D eigenvalue weighted by Gasteiger charge is -2.22. The summed E-state index contributed by atoms with van der Waals surface area (Å²) in [5, 5.41) is 0. The second-order valence-corrected chi connectivity index (χ2v) is 18.0. The molecule has 4 heteroatoms. The van der Waals surface area contributed by atoms with E-state index in [0.29, 0.717) is 0 Å². The van der Waals surface area contributed by atoms with E-state index in [4.69, 9.17) is 0 Å². The molecule has 0 aliphatic heterocycles. The van der Waals surface area contributed by atoms with Crippen LogP contribution in [0.5, 0.6) is 0 Å². The first-order valence-electron chi connectivity index (χ1n) is 25.4. The third-order valence-corrected chi connectivity index (χ3v) is 12.4. The third-order valence-electron chi connectivity index (χ3n) is 12.4. The molecular weight excluding hydrogens is 705 g/mol. The average molecular weight is 798 g/mol. The molecule has 0 spiro atoms. The Hall–Kier alpha value is -2.59. The molecular formula is C54H93N4+3. The Morgan fingerprint density at radius 1 is 0.276 bits per heavy atom. The van der Waals surface area contributed by atoms with Gasteiger partial charge >= 0.3 is 0 Å². The Kier molecular flexibility index (Phi) is 30.2. The summed E-state index contributed by atoms with van der Waals surface area (Å²) in [6, 6.07) is 14.2. The van der Waals surface area contributed by atoms with Crippen molar-refractivity contribution in [1.82, 2.24) is 4.90 Å². The lowest BCUT2D eigenvalue weighted by molar-refractivity contribution is -0.697.